The Hall–Kier alpha value is -3.12. The van der Waals surface area contributed by atoms with E-state index in [2.05, 4.69) is 17.3 Å². The van der Waals surface area contributed by atoms with E-state index in [1.165, 1.54) is 6.21 Å². The Morgan fingerprint density at radius 3 is 2.45 bits per heavy atom. The standard InChI is InChI=1S/C24H21ClN2O4/c1-30-20-10-14(6-9-19(20)31-13-17-4-2-3-5-18(17)25)12-26-27-23(28)21-15-7-8-16(11-15)22(21)24(27)29/h2-10,12,15-16,21-22H,11,13H2,1H3. The van der Waals surface area contributed by atoms with Gasteiger partial charge in [-0.3, -0.25) is 9.59 Å². The third-order valence-electron chi connectivity index (χ3n) is 6.30. The van der Waals surface area contributed by atoms with E-state index in [9.17, 15) is 9.59 Å². The summed E-state index contributed by atoms with van der Waals surface area (Å²) in [6, 6.07) is 12.8. The van der Waals surface area contributed by atoms with Crippen molar-refractivity contribution in [3.8, 4) is 11.5 Å². The van der Waals surface area contributed by atoms with Gasteiger partial charge in [-0.15, -0.1) is 0 Å². The lowest BCUT2D eigenvalue weighted by Gasteiger charge is -2.13. The van der Waals surface area contributed by atoms with Crippen molar-refractivity contribution in [2.75, 3.05) is 7.11 Å². The number of fused-ring (bicyclic) bond motifs is 5. The molecule has 1 saturated heterocycles. The molecular weight excluding hydrogens is 416 g/mol. The molecule has 0 aromatic heterocycles. The molecule has 6 nitrogen and oxygen atoms in total. The number of hydrazone groups is 1. The fraction of sp³-hybridized carbons (Fsp3) is 0.292. The van der Waals surface area contributed by atoms with E-state index in [0.717, 1.165) is 17.0 Å². The van der Waals surface area contributed by atoms with Crippen LogP contribution in [0.4, 0.5) is 0 Å². The van der Waals surface area contributed by atoms with Gasteiger partial charge in [-0.25, -0.2) is 0 Å². The number of carbonyl (C=O) groups is 2. The Morgan fingerprint density at radius 1 is 1.06 bits per heavy atom. The Morgan fingerprint density at radius 2 is 1.77 bits per heavy atom. The average molecular weight is 437 g/mol. The van der Waals surface area contributed by atoms with Crippen LogP contribution in [-0.2, 0) is 16.2 Å². The maximum Gasteiger partial charge on any atom is 0.254 e. The topological polar surface area (TPSA) is 68.2 Å². The smallest absolute Gasteiger partial charge is 0.254 e. The van der Waals surface area contributed by atoms with Gasteiger partial charge in [0.05, 0.1) is 25.2 Å². The molecule has 0 radical (unpaired) electrons. The first-order chi connectivity index (χ1) is 15.1. The Labute approximate surface area is 185 Å². The van der Waals surface area contributed by atoms with Crippen LogP contribution in [-0.4, -0.2) is 30.1 Å². The number of rotatable bonds is 6. The Balaban J connectivity index is 1.30. The van der Waals surface area contributed by atoms with Crippen LogP contribution in [0.2, 0.25) is 5.02 Å². The summed E-state index contributed by atoms with van der Waals surface area (Å²) in [4.78, 5) is 25.5. The van der Waals surface area contributed by atoms with Crippen LogP contribution in [0, 0.1) is 23.7 Å². The summed E-state index contributed by atoms with van der Waals surface area (Å²) in [5.74, 6) is 0.510. The molecule has 158 valence electrons. The quantitative estimate of drug-likeness (QED) is 0.389. The fourth-order valence-corrected chi connectivity index (χ4v) is 4.97. The van der Waals surface area contributed by atoms with Crippen molar-refractivity contribution in [2.45, 2.75) is 13.0 Å². The first-order valence-electron chi connectivity index (χ1n) is 10.2. The van der Waals surface area contributed by atoms with Gasteiger partial charge in [0.1, 0.15) is 6.61 Å². The molecule has 1 aliphatic heterocycles. The molecule has 2 aromatic rings. The highest BCUT2D eigenvalue weighted by molar-refractivity contribution is 6.31. The lowest BCUT2D eigenvalue weighted by molar-refractivity contribution is -0.140. The number of allylic oxidation sites excluding steroid dienone is 2. The van der Waals surface area contributed by atoms with Crippen LogP contribution in [0.3, 0.4) is 0 Å². The van der Waals surface area contributed by atoms with E-state index in [1.54, 1.807) is 25.3 Å². The SMILES string of the molecule is COc1cc(C=NN2C(=O)C3C4C=CC(C4)C3C2=O)ccc1OCc1ccccc1Cl. The second-order valence-electron chi connectivity index (χ2n) is 8.02. The van der Waals surface area contributed by atoms with Gasteiger partial charge >= 0.3 is 0 Å². The number of halogens is 1. The highest BCUT2D eigenvalue weighted by atomic mass is 35.5. The molecular formula is C24H21ClN2O4. The van der Waals surface area contributed by atoms with Crippen LogP contribution in [0.25, 0.3) is 0 Å². The molecule has 5 rings (SSSR count). The highest BCUT2D eigenvalue weighted by Crippen LogP contribution is 2.52. The number of methoxy groups -OCH3 is 1. The summed E-state index contributed by atoms with van der Waals surface area (Å²) < 4.78 is 11.3. The van der Waals surface area contributed by atoms with Crippen molar-refractivity contribution in [3.63, 3.8) is 0 Å². The van der Waals surface area contributed by atoms with Crippen LogP contribution >= 0.6 is 11.6 Å². The summed E-state index contributed by atoms with van der Waals surface area (Å²) >= 11 is 6.18. The number of hydrogen-bond donors (Lipinski definition) is 0. The molecule has 0 N–H and O–H groups in total. The number of hydrogen-bond acceptors (Lipinski definition) is 5. The second kappa shape index (κ2) is 7.85. The molecule has 3 aliphatic rings. The van der Waals surface area contributed by atoms with Gasteiger partial charge in [-0.05, 0) is 48.1 Å². The molecule has 1 heterocycles. The van der Waals surface area contributed by atoms with E-state index in [1.807, 2.05) is 24.3 Å². The maximum absolute atomic E-state index is 12.7. The monoisotopic (exact) mass is 436 g/mol. The molecule has 0 spiro atoms. The van der Waals surface area contributed by atoms with Crippen molar-refractivity contribution >= 4 is 29.6 Å². The minimum absolute atomic E-state index is 0.168. The second-order valence-corrected chi connectivity index (χ2v) is 8.43. The molecule has 2 amide bonds. The minimum atomic E-state index is -0.255. The van der Waals surface area contributed by atoms with Crippen LogP contribution in [0.1, 0.15) is 17.5 Å². The minimum Gasteiger partial charge on any atom is -0.493 e. The summed E-state index contributed by atoms with van der Waals surface area (Å²) in [6.07, 6.45) is 6.54. The van der Waals surface area contributed by atoms with Gasteiger partial charge in [0.15, 0.2) is 11.5 Å². The van der Waals surface area contributed by atoms with Crippen LogP contribution < -0.4 is 9.47 Å². The van der Waals surface area contributed by atoms with Gasteiger partial charge in [-0.2, -0.15) is 10.1 Å². The molecule has 4 unspecified atom stereocenters. The van der Waals surface area contributed by atoms with E-state index in [-0.39, 0.29) is 35.5 Å². The molecule has 2 bridgehead atoms. The van der Waals surface area contributed by atoms with Crippen molar-refractivity contribution in [1.82, 2.24) is 5.01 Å². The van der Waals surface area contributed by atoms with Gasteiger partial charge in [0.2, 0.25) is 0 Å². The summed E-state index contributed by atoms with van der Waals surface area (Å²) in [5.41, 5.74) is 1.57. The largest absolute Gasteiger partial charge is 0.493 e. The third kappa shape index (κ3) is 3.41. The van der Waals surface area contributed by atoms with E-state index in [4.69, 9.17) is 21.1 Å². The predicted octanol–water partition coefficient (Wildman–Crippen LogP) is 4.07. The molecule has 2 aliphatic carbocycles. The van der Waals surface area contributed by atoms with Crippen molar-refractivity contribution in [3.05, 3.63) is 70.8 Å². The van der Waals surface area contributed by atoms with Crippen LogP contribution in [0.15, 0.2) is 59.7 Å². The van der Waals surface area contributed by atoms with Crippen molar-refractivity contribution < 1.29 is 19.1 Å². The first-order valence-corrected chi connectivity index (χ1v) is 10.6. The number of amides is 2. The number of nitrogens with zero attached hydrogens (tertiary/aromatic N) is 2. The first kappa shape index (κ1) is 19.8. The Bertz CT molecular complexity index is 1080. The summed E-state index contributed by atoms with van der Waals surface area (Å²) in [6.45, 7) is 0.305. The summed E-state index contributed by atoms with van der Waals surface area (Å²) in [5, 5.41) is 5.89. The molecule has 4 atom stereocenters. The molecule has 7 heteroatoms. The summed E-state index contributed by atoms with van der Waals surface area (Å²) in [7, 11) is 1.55. The van der Waals surface area contributed by atoms with Crippen molar-refractivity contribution in [1.29, 1.82) is 0 Å². The number of benzene rings is 2. The normalized spacial score (nSPS) is 26.2. The number of carbonyl (C=O) groups excluding carboxylic acids is 2. The van der Waals surface area contributed by atoms with E-state index >= 15 is 0 Å². The molecule has 2 fully saturated rings. The van der Waals surface area contributed by atoms with E-state index in [0.29, 0.717) is 28.7 Å². The number of ether oxygens (including phenoxy) is 2. The zero-order valence-corrected chi connectivity index (χ0v) is 17.7. The maximum atomic E-state index is 12.7. The zero-order chi connectivity index (χ0) is 21.5. The zero-order valence-electron chi connectivity index (χ0n) is 16.9. The lowest BCUT2D eigenvalue weighted by atomic mass is 9.85. The fourth-order valence-electron chi connectivity index (χ4n) is 4.78. The predicted molar refractivity (Wildman–Crippen MR) is 116 cm³/mol. The molecule has 31 heavy (non-hydrogen) atoms. The van der Waals surface area contributed by atoms with Gasteiger partial charge in [0.25, 0.3) is 11.8 Å². The molecule has 2 aromatic carbocycles. The lowest BCUT2D eigenvalue weighted by Crippen LogP contribution is -2.28. The van der Waals surface area contributed by atoms with Gasteiger partial charge in [0, 0.05) is 10.6 Å². The highest BCUT2D eigenvalue weighted by Gasteiger charge is 2.59. The van der Waals surface area contributed by atoms with Gasteiger partial charge < -0.3 is 9.47 Å². The van der Waals surface area contributed by atoms with E-state index < -0.39 is 0 Å². The van der Waals surface area contributed by atoms with Crippen LogP contribution in [0.5, 0.6) is 11.5 Å². The number of imide groups is 1. The molecule has 1 saturated carbocycles. The Kier molecular flexibility index (Phi) is 5.02. The average Bonchev–Trinajstić information content (AvgIpc) is 3.46. The van der Waals surface area contributed by atoms with Gasteiger partial charge in [-0.1, -0.05) is 42.0 Å². The van der Waals surface area contributed by atoms with Crippen molar-refractivity contribution in [2.24, 2.45) is 28.8 Å². The third-order valence-corrected chi connectivity index (χ3v) is 6.67.